The van der Waals surface area contributed by atoms with E-state index in [0.717, 1.165) is 5.57 Å². The fourth-order valence-electron chi connectivity index (χ4n) is 0.751. The van der Waals surface area contributed by atoms with E-state index in [9.17, 15) is 0 Å². The average Bonchev–Trinajstić information content (AvgIpc) is 2.05. The highest BCUT2D eigenvalue weighted by atomic mass is 15.1. The molecule has 0 amide bonds. The third-order valence-corrected chi connectivity index (χ3v) is 1.64. The Labute approximate surface area is 81.4 Å². The largest absolute Gasteiger partial charge is 0.381 e. The third kappa shape index (κ3) is 4.92. The summed E-state index contributed by atoms with van der Waals surface area (Å²) in [6, 6.07) is 0. The Morgan fingerprint density at radius 3 is 2.38 bits per heavy atom. The Hall–Kier alpha value is -1.42. The summed E-state index contributed by atoms with van der Waals surface area (Å²) in [5.74, 6) is 5.87. The van der Waals surface area contributed by atoms with Crippen molar-refractivity contribution < 1.29 is 0 Å². The summed E-state index contributed by atoms with van der Waals surface area (Å²) in [5, 5.41) is 0. The predicted octanol–water partition coefficient (Wildman–Crippen LogP) is 2.59. The Bertz CT molecular complexity index is 282. The zero-order chi connectivity index (χ0) is 10.3. The van der Waals surface area contributed by atoms with E-state index < -0.39 is 0 Å². The molecule has 0 aliphatic heterocycles. The van der Waals surface area contributed by atoms with Crippen molar-refractivity contribution in [3.8, 4) is 11.8 Å². The minimum absolute atomic E-state index is 0.990. The molecule has 13 heavy (non-hydrogen) atoms. The summed E-state index contributed by atoms with van der Waals surface area (Å²) in [7, 11) is 4.02. The molecule has 0 fully saturated rings. The number of hydrogen-bond donors (Lipinski definition) is 0. The van der Waals surface area contributed by atoms with Gasteiger partial charge in [-0.2, -0.15) is 0 Å². The van der Waals surface area contributed by atoms with Crippen LogP contribution in [0.1, 0.15) is 13.8 Å². The van der Waals surface area contributed by atoms with Crippen molar-refractivity contribution in [1.29, 1.82) is 0 Å². The SMILES string of the molecule is C=C/C=C(C#CC)\C=C(/C)N(C)C. The van der Waals surface area contributed by atoms with Gasteiger partial charge in [-0.15, -0.1) is 5.92 Å². The summed E-state index contributed by atoms with van der Waals surface area (Å²) in [4.78, 5) is 2.05. The molecule has 0 radical (unpaired) electrons. The number of rotatable bonds is 3. The fraction of sp³-hybridized carbons (Fsp3) is 0.333. The molecule has 1 heteroatoms. The molecule has 0 saturated heterocycles. The minimum Gasteiger partial charge on any atom is -0.381 e. The first-order chi connectivity index (χ1) is 6.11. The lowest BCUT2D eigenvalue weighted by Crippen LogP contribution is -2.07. The second-order valence-corrected chi connectivity index (χ2v) is 2.91. The first-order valence-electron chi connectivity index (χ1n) is 4.23. The lowest BCUT2D eigenvalue weighted by molar-refractivity contribution is 0.513. The Balaban J connectivity index is 4.76. The van der Waals surface area contributed by atoms with Crippen molar-refractivity contribution in [3.05, 3.63) is 36.1 Å². The van der Waals surface area contributed by atoms with Crippen molar-refractivity contribution >= 4 is 0 Å². The second kappa shape index (κ2) is 6.14. The third-order valence-electron chi connectivity index (χ3n) is 1.64. The molecule has 0 aromatic rings. The molecule has 0 saturated carbocycles. The van der Waals surface area contributed by atoms with E-state index >= 15 is 0 Å². The summed E-state index contributed by atoms with van der Waals surface area (Å²) in [6.07, 6.45) is 5.70. The molecule has 0 aromatic heterocycles. The van der Waals surface area contributed by atoms with Gasteiger partial charge in [0.1, 0.15) is 0 Å². The van der Waals surface area contributed by atoms with Crippen LogP contribution in [0.3, 0.4) is 0 Å². The molecule has 0 bridgehead atoms. The van der Waals surface area contributed by atoms with Crippen molar-refractivity contribution in [3.63, 3.8) is 0 Å². The summed E-state index contributed by atoms with van der Waals surface area (Å²) >= 11 is 0. The molecule has 0 aliphatic rings. The van der Waals surface area contributed by atoms with Crippen LogP contribution in [0.4, 0.5) is 0 Å². The second-order valence-electron chi connectivity index (χ2n) is 2.91. The molecule has 0 aliphatic carbocycles. The number of nitrogens with zero attached hydrogens (tertiary/aromatic N) is 1. The van der Waals surface area contributed by atoms with Gasteiger partial charge in [0.15, 0.2) is 0 Å². The van der Waals surface area contributed by atoms with Gasteiger partial charge < -0.3 is 4.90 Å². The van der Waals surface area contributed by atoms with Gasteiger partial charge in [-0.1, -0.05) is 18.6 Å². The van der Waals surface area contributed by atoms with Gasteiger partial charge in [-0.3, -0.25) is 0 Å². The van der Waals surface area contributed by atoms with E-state index in [1.54, 1.807) is 6.08 Å². The van der Waals surface area contributed by atoms with Crippen molar-refractivity contribution in [2.45, 2.75) is 13.8 Å². The maximum atomic E-state index is 3.65. The van der Waals surface area contributed by atoms with Crippen LogP contribution in [-0.4, -0.2) is 19.0 Å². The van der Waals surface area contributed by atoms with Crippen LogP contribution in [0.25, 0.3) is 0 Å². The van der Waals surface area contributed by atoms with Crippen LogP contribution in [0.2, 0.25) is 0 Å². The van der Waals surface area contributed by atoms with E-state index in [4.69, 9.17) is 0 Å². The van der Waals surface area contributed by atoms with E-state index in [-0.39, 0.29) is 0 Å². The average molecular weight is 175 g/mol. The van der Waals surface area contributed by atoms with E-state index in [0.29, 0.717) is 0 Å². The maximum Gasteiger partial charge on any atom is 0.0262 e. The molecule has 0 N–H and O–H groups in total. The van der Waals surface area contributed by atoms with E-state index in [1.165, 1.54) is 5.70 Å². The predicted molar refractivity (Wildman–Crippen MR) is 59.2 cm³/mol. The molecular weight excluding hydrogens is 158 g/mol. The quantitative estimate of drug-likeness (QED) is 0.471. The van der Waals surface area contributed by atoms with Crippen LogP contribution in [0, 0.1) is 11.8 Å². The molecule has 1 nitrogen and oxygen atoms in total. The molecule has 0 spiro atoms. The van der Waals surface area contributed by atoms with Crippen LogP contribution >= 0.6 is 0 Å². The Kier molecular flexibility index (Phi) is 5.47. The van der Waals surface area contributed by atoms with Gasteiger partial charge >= 0.3 is 0 Å². The van der Waals surface area contributed by atoms with Crippen molar-refractivity contribution in [2.24, 2.45) is 0 Å². The first kappa shape index (κ1) is 11.6. The van der Waals surface area contributed by atoms with Gasteiger partial charge in [0, 0.05) is 25.4 Å². The van der Waals surface area contributed by atoms with Crippen molar-refractivity contribution in [2.75, 3.05) is 14.1 Å². The first-order valence-corrected chi connectivity index (χ1v) is 4.23. The molecule has 0 atom stereocenters. The van der Waals surface area contributed by atoms with Crippen LogP contribution in [-0.2, 0) is 0 Å². The molecule has 0 heterocycles. The standard InChI is InChI=1S/C12H17N/c1-6-8-12(9-7-2)10-11(3)13(4)5/h6,8,10H,1H2,2-5H3/b11-10+,12-8-. The lowest BCUT2D eigenvalue weighted by atomic mass is 10.2. The molecular formula is C12H17N. The van der Waals surface area contributed by atoms with Crippen LogP contribution in [0.15, 0.2) is 36.1 Å². The highest BCUT2D eigenvalue weighted by Crippen LogP contribution is 2.03. The van der Waals surface area contributed by atoms with Gasteiger partial charge in [-0.25, -0.2) is 0 Å². The zero-order valence-corrected chi connectivity index (χ0v) is 8.89. The number of allylic oxidation sites excluding steroid dienone is 5. The molecule has 70 valence electrons. The van der Waals surface area contributed by atoms with Gasteiger partial charge in [-0.05, 0) is 26.0 Å². The topological polar surface area (TPSA) is 3.24 Å². The molecule has 0 rings (SSSR count). The van der Waals surface area contributed by atoms with Crippen LogP contribution in [0.5, 0.6) is 0 Å². The fourth-order valence-corrected chi connectivity index (χ4v) is 0.751. The monoisotopic (exact) mass is 175 g/mol. The number of hydrogen-bond acceptors (Lipinski definition) is 1. The molecule has 0 unspecified atom stereocenters. The van der Waals surface area contributed by atoms with Crippen molar-refractivity contribution in [1.82, 2.24) is 4.90 Å². The van der Waals surface area contributed by atoms with E-state index in [1.807, 2.05) is 45.0 Å². The molecule has 0 aromatic carbocycles. The Morgan fingerprint density at radius 1 is 1.38 bits per heavy atom. The normalized spacial score (nSPS) is 11.7. The summed E-state index contributed by atoms with van der Waals surface area (Å²) in [6.45, 7) is 7.53. The van der Waals surface area contributed by atoms with Crippen LogP contribution < -0.4 is 0 Å². The van der Waals surface area contributed by atoms with Gasteiger partial charge in [0.25, 0.3) is 0 Å². The van der Waals surface area contributed by atoms with Gasteiger partial charge in [0.05, 0.1) is 0 Å². The smallest absolute Gasteiger partial charge is 0.0262 e. The highest BCUT2D eigenvalue weighted by molar-refractivity contribution is 5.41. The summed E-state index contributed by atoms with van der Waals surface area (Å²) in [5.41, 5.74) is 2.17. The lowest BCUT2D eigenvalue weighted by Gasteiger charge is -2.11. The highest BCUT2D eigenvalue weighted by Gasteiger charge is 1.91. The van der Waals surface area contributed by atoms with E-state index in [2.05, 4.69) is 18.4 Å². The minimum atomic E-state index is 0.990. The maximum absolute atomic E-state index is 3.65. The zero-order valence-electron chi connectivity index (χ0n) is 8.89. The summed E-state index contributed by atoms with van der Waals surface area (Å²) < 4.78 is 0. The van der Waals surface area contributed by atoms with Gasteiger partial charge in [0.2, 0.25) is 0 Å². The Morgan fingerprint density at radius 2 is 2.00 bits per heavy atom.